The quantitative estimate of drug-likeness (QED) is 0.223. The summed E-state index contributed by atoms with van der Waals surface area (Å²) in [6.45, 7) is 12.8. The molecule has 1 aromatic carbocycles. The highest BCUT2D eigenvalue weighted by Gasteiger charge is 2.49. The minimum Gasteiger partial charge on any atom is -0.338 e. The van der Waals surface area contributed by atoms with Crippen LogP contribution in [0.1, 0.15) is 56.7 Å². The Labute approximate surface area is 244 Å². The number of piperidine rings is 1. The molecule has 0 saturated carbocycles. The van der Waals surface area contributed by atoms with E-state index in [1.807, 2.05) is 32.1 Å². The lowest BCUT2D eigenvalue weighted by Gasteiger charge is -2.39. The van der Waals surface area contributed by atoms with Crippen molar-refractivity contribution in [3.05, 3.63) is 83.5 Å². The lowest BCUT2D eigenvalue weighted by atomic mass is 9.73. The van der Waals surface area contributed by atoms with Gasteiger partial charge in [-0.15, -0.1) is 0 Å². The molecule has 9 heteroatoms. The first kappa shape index (κ1) is 32.1. The highest BCUT2D eigenvalue weighted by molar-refractivity contribution is 5.85. The van der Waals surface area contributed by atoms with Crippen LogP contribution >= 0.6 is 0 Å². The number of halogens is 6. The van der Waals surface area contributed by atoms with Crippen LogP contribution in [0.4, 0.5) is 26.3 Å². The van der Waals surface area contributed by atoms with Gasteiger partial charge in [-0.25, -0.2) is 0 Å². The van der Waals surface area contributed by atoms with E-state index in [0.29, 0.717) is 37.8 Å². The Bertz CT molecular complexity index is 1210. The van der Waals surface area contributed by atoms with Crippen molar-refractivity contribution in [3.8, 4) is 0 Å². The second-order valence-corrected chi connectivity index (χ2v) is 12.4. The molecule has 2 heterocycles. The molecule has 1 amide bonds. The topological polar surface area (TPSA) is 23.6 Å². The number of carbonyl (C=O) groups is 1. The fraction of sp³-hybridized carbons (Fsp3) is 0.545. The summed E-state index contributed by atoms with van der Waals surface area (Å²) in [6, 6.07) is 1.55. The third-order valence-electron chi connectivity index (χ3n) is 9.33. The first-order chi connectivity index (χ1) is 19.6. The summed E-state index contributed by atoms with van der Waals surface area (Å²) in [7, 11) is 0. The van der Waals surface area contributed by atoms with Crippen molar-refractivity contribution >= 4 is 5.91 Å². The second-order valence-electron chi connectivity index (χ2n) is 12.4. The lowest BCUT2D eigenvalue weighted by molar-refractivity contribution is -0.143. The number of allylic oxidation sites excluding steroid dienone is 7. The molecule has 2 saturated heterocycles. The molecule has 4 unspecified atom stereocenters. The van der Waals surface area contributed by atoms with Gasteiger partial charge in [0.2, 0.25) is 5.91 Å². The molecule has 0 spiro atoms. The van der Waals surface area contributed by atoms with Crippen LogP contribution in [0.5, 0.6) is 0 Å². The smallest absolute Gasteiger partial charge is 0.338 e. The van der Waals surface area contributed by atoms with Crippen LogP contribution in [-0.2, 0) is 23.7 Å². The number of alkyl halides is 6. The number of hydrogen-bond acceptors (Lipinski definition) is 2. The van der Waals surface area contributed by atoms with Crippen molar-refractivity contribution in [2.24, 2.45) is 29.1 Å². The SMILES string of the molecule is C=C1C=CC=CC1C=CC1CCN(CCC2(C(C)C)CCN(Cc3cc(C(F)(F)F)cc(C(F)(F)F)c3)C2=O)CC1C. The molecule has 1 aliphatic carbocycles. The molecule has 0 bridgehead atoms. The molecule has 2 aliphatic heterocycles. The van der Waals surface area contributed by atoms with Crippen molar-refractivity contribution < 1.29 is 31.1 Å². The van der Waals surface area contributed by atoms with Crippen LogP contribution in [-0.4, -0.2) is 41.9 Å². The number of likely N-dealkylation sites (tertiary alicyclic amines) is 2. The summed E-state index contributed by atoms with van der Waals surface area (Å²) >= 11 is 0. The van der Waals surface area contributed by atoms with Crippen LogP contribution in [0.2, 0.25) is 0 Å². The number of carbonyl (C=O) groups excluding carboxylic acids is 1. The largest absolute Gasteiger partial charge is 0.416 e. The molecular formula is C33H40F6N2O. The predicted octanol–water partition coefficient (Wildman–Crippen LogP) is 8.30. The van der Waals surface area contributed by atoms with E-state index in [1.54, 1.807) is 0 Å². The molecule has 0 aromatic heterocycles. The molecule has 3 nitrogen and oxygen atoms in total. The Kier molecular flexibility index (Phi) is 9.50. The monoisotopic (exact) mass is 594 g/mol. The van der Waals surface area contributed by atoms with Crippen molar-refractivity contribution in [1.82, 2.24) is 9.80 Å². The van der Waals surface area contributed by atoms with Gasteiger partial charge in [0.1, 0.15) is 0 Å². The molecular weight excluding hydrogens is 554 g/mol. The van der Waals surface area contributed by atoms with Gasteiger partial charge < -0.3 is 9.80 Å². The van der Waals surface area contributed by atoms with Crippen LogP contribution in [0.3, 0.4) is 0 Å². The van der Waals surface area contributed by atoms with E-state index in [-0.39, 0.29) is 35.9 Å². The number of hydrogen-bond donors (Lipinski definition) is 0. The Hall–Kier alpha value is -2.81. The van der Waals surface area contributed by atoms with Gasteiger partial charge in [-0.2, -0.15) is 26.3 Å². The van der Waals surface area contributed by atoms with Gasteiger partial charge in [0.05, 0.1) is 16.5 Å². The van der Waals surface area contributed by atoms with Crippen molar-refractivity contribution in [3.63, 3.8) is 0 Å². The third kappa shape index (κ3) is 7.21. The summed E-state index contributed by atoms with van der Waals surface area (Å²) in [6.07, 6.45) is 4.98. The molecule has 3 aliphatic rings. The van der Waals surface area contributed by atoms with Gasteiger partial charge in [-0.05, 0) is 79.4 Å². The summed E-state index contributed by atoms with van der Waals surface area (Å²) < 4.78 is 80.2. The lowest BCUT2D eigenvalue weighted by Crippen LogP contribution is -2.44. The Morgan fingerprint density at radius 3 is 2.26 bits per heavy atom. The van der Waals surface area contributed by atoms with Crippen LogP contribution in [0.25, 0.3) is 0 Å². The maximum Gasteiger partial charge on any atom is 0.416 e. The normalized spacial score (nSPS) is 27.7. The minimum absolute atomic E-state index is 0.0224. The average Bonchev–Trinajstić information content (AvgIpc) is 3.22. The zero-order valence-corrected chi connectivity index (χ0v) is 24.4. The van der Waals surface area contributed by atoms with E-state index in [0.717, 1.165) is 37.2 Å². The summed E-state index contributed by atoms with van der Waals surface area (Å²) in [5, 5.41) is 0. The first-order valence-corrected chi connectivity index (χ1v) is 14.6. The standard InChI is InChI=1S/C33H40F6N2O/c1-22(2)31(12-15-40-14-11-27(24(4)20-40)10-9-26-8-6-5-7-23(26)3)13-16-41(30(31)42)21-25-17-28(32(34,35)36)19-29(18-25)33(37,38)39/h5-10,17-19,22,24,26-27H,3,11-16,20-21H2,1-2,4H3. The maximum atomic E-state index is 13.7. The highest BCUT2D eigenvalue weighted by Crippen LogP contribution is 2.44. The second kappa shape index (κ2) is 12.4. The van der Waals surface area contributed by atoms with E-state index in [1.165, 1.54) is 4.90 Å². The molecule has 4 rings (SSSR count). The van der Waals surface area contributed by atoms with Crippen LogP contribution < -0.4 is 0 Å². The molecule has 4 atom stereocenters. The van der Waals surface area contributed by atoms with Crippen molar-refractivity contribution in [2.45, 2.75) is 58.9 Å². The average molecular weight is 595 g/mol. The number of benzene rings is 1. The maximum absolute atomic E-state index is 13.7. The zero-order valence-electron chi connectivity index (χ0n) is 24.4. The van der Waals surface area contributed by atoms with E-state index in [4.69, 9.17) is 0 Å². The van der Waals surface area contributed by atoms with E-state index in [2.05, 4.69) is 36.6 Å². The molecule has 42 heavy (non-hydrogen) atoms. The fourth-order valence-electron chi connectivity index (χ4n) is 6.54. The number of amides is 1. The molecule has 0 N–H and O–H groups in total. The minimum atomic E-state index is -4.92. The number of rotatable bonds is 8. The van der Waals surface area contributed by atoms with Crippen molar-refractivity contribution in [1.29, 1.82) is 0 Å². The summed E-state index contributed by atoms with van der Waals surface area (Å²) in [5.74, 6) is 0.888. The van der Waals surface area contributed by atoms with E-state index in [9.17, 15) is 31.1 Å². The Morgan fingerprint density at radius 2 is 1.69 bits per heavy atom. The molecule has 230 valence electrons. The van der Waals surface area contributed by atoms with Gasteiger partial charge in [-0.1, -0.05) is 63.8 Å². The summed E-state index contributed by atoms with van der Waals surface area (Å²) in [4.78, 5) is 17.5. The van der Waals surface area contributed by atoms with Gasteiger partial charge in [0, 0.05) is 25.6 Å². The zero-order chi connectivity index (χ0) is 30.9. The third-order valence-corrected chi connectivity index (χ3v) is 9.33. The van der Waals surface area contributed by atoms with Crippen LogP contribution in [0.15, 0.2) is 66.8 Å². The van der Waals surface area contributed by atoms with Gasteiger partial charge >= 0.3 is 12.4 Å². The van der Waals surface area contributed by atoms with Crippen molar-refractivity contribution in [2.75, 3.05) is 26.2 Å². The predicted molar refractivity (Wildman–Crippen MR) is 152 cm³/mol. The highest BCUT2D eigenvalue weighted by atomic mass is 19.4. The molecule has 0 radical (unpaired) electrons. The molecule has 2 fully saturated rings. The fourth-order valence-corrected chi connectivity index (χ4v) is 6.54. The van der Waals surface area contributed by atoms with Crippen LogP contribution in [0, 0.1) is 29.1 Å². The molecule has 1 aromatic rings. The van der Waals surface area contributed by atoms with E-state index < -0.39 is 28.9 Å². The number of nitrogens with zero attached hydrogens (tertiary/aromatic N) is 2. The van der Waals surface area contributed by atoms with E-state index >= 15 is 0 Å². The van der Waals surface area contributed by atoms with Gasteiger partial charge in [-0.3, -0.25) is 4.79 Å². The Balaban J connectivity index is 1.40. The Morgan fingerprint density at radius 1 is 1.02 bits per heavy atom. The van der Waals surface area contributed by atoms with Gasteiger partial charge in [0.25, 0.3) is 0 Å². The first-order valence-electron chi connectivity index (χ1n) is 14.6. The summed E-state index contributed by atoms with van der Waals surface area (Å²) in [5.41, 5.74) is -2.52. The van der Waals surface area contributed by atoms with Gasteiger partial charge in [0.15, 0.2) is 0 Å².